The van der Waals surface area contributed by atoms with Crippen molar-refractivity contribution in [3.05, 3.63) is 65.7 Å². The minimum Gasteiger partial charge on any atom is -0.497 e. The van der Waals surface area contributed by atoms with Crippen LogP contribution in [0.3, 0.4) is 0 Å². The zero-order valence-corrected chi connectivity index (χ0v) is 18.6. The van der Waals surface area contributed by atoms with Crippen molar-refractivity contribution in [3.63, 3.8) is 0 Å². The Morgan fingerprint density at radius 1 is 1.13 bits per heavy atom. The lowest BCUT2D eigenvalue weighted by Crippen LogP contribution is -2.42. The van der Waals surface area contributed by atoms with Crippen molar-refractivity contribution in [2.75, 3.05) is 27.2 Å². The predicted molar refractivity (Wildman–Crippen MR) is 122 cm³/mol. The molecule has 0 radical (unpaired) electrons. The SMILES string of the molecule is COc1ccc(C2C(CNC(=O)CC(NC(C)=O)c3ccccc3)CCCN2C)cc1. The molecule has 0 saturated carbocycles. The highest BCUT2D eigenvalue weighted by atomic mass is 16.5. The number of benzene rings is 2. The molecular formula is C25H33N3O3. The van der Waals surface area contributed by atoms with Gasteiger partial charge in [0.2, 0.25) is 11.8 Å². The molecule has 3 rings (SSSR count). The highest BCUT2D eigenvalue weighted by molar-refractivity contribution is 5.79. The molecular weight excluding hydrogens is 390 g/mol. The second-order valence-electron chi connectivity index (χ2n) is 8.27. The fourth-order valence-corrected chi connectivity index (χ4v) is 4.49. The number of methoxy groups -OCH3 is 1. The first kappa shape index (κ1) is 22.8. The van der Waals surface area contributed by atoms with Crippen LogP contribution in [0.2, 0.25) is 0 Å². The van der Waals surface area contributed by atoms with Crippen LogP contribution < -0.4 is 15.4 Å². The van der Waals surface area contributed by atoms with Gasteiger partial charge >= 0.3 is 0 Å². The van der Waals surface area contributed by atoms with E-state index in [4.69, 9.17) is 4.74 Å². The van der Waals surface area contributed by atoms with Gasteiger partial charge in [-0.25, -0.2) is 0 Å². The standard InChI is InChI=1S/C25H33N3O3/c1-18(29)27-23(19-8-5-4-6-9-19)16-24(30)26-17-21-10-7-15-28(2)25(21)20-11-13-22(31-3)14-12-20/h4-6,8-9,11-14,21,23,25H,7,10,15-17H2,1-3H3,(H,26,30)(H,27,29). The molecule has 31 heavy (non-hydrogen) atoms. The molecule has 2 N–H and O–H groups in total. The fraction of sp³-hybridized carbons (Fsp3) is 0.440. The van der Waals surface area contributed by atoms with Crippen LogP contribution in [0.15, 0.2) is 54.6 Å². The molecule has 1 heterocycles. The Kier molecular flexibility index (Phi) is 8.06. The van der Waals surface area contributed by atoms with Crippen molar-refractivity contribution < 1.29 is 14.3 Å². The number of ether oxygens (including phenoxy) is 1. The van der Waals surface area contributed by atoms with E-state index >= 15 is 0 Å². The zero-order chi connectivity index (χ0) is 22.2. The minimum absolute atomic E-state index is 0.0516. The number of amides is 2. The van der Waals surface area contributed by atoms with Crippen molar-refractivity contribution in [3.8, 4) is 5.75 Å². The number of nitrogens with zero attached hydrogens (tertiary/aromatic N) is 1. The predicted octanol–water partition coefficient (Wildman–Crippen LogP) is 3.46. The Hall–Kier alpha value is -2.86. The third-order valence-corrected chi connectivity index (χ3v) is 5.99. The first-order chi connectivity index (χ1) is 15.0. The molecule has 166 valence electrons. The fourth-order valence-electron chi connectivity index (χ4n) is 4.49. The Bertz CT molecular complexity index is 854. The minimum atomic E-state index is -0.329. The first-order valence-corrected chi connectivity index (χ1v) is 10.9. The van der Waals surface area contributed by atoms with Crippen molar-refractivity contribution in [1.29, 1.82) is 0 Å². The molecule has 1 aliphatic heterocycles. The normalized spacial score (nSPS) is 20.0. The van der Waals surface area contributed by atoms with Crippen LogP contribution in [0.25, 0.3) is 0 Å². The van der Waals surface area contributed by atoms with Gasteiger partial charge in [0, 0.05) is 19.5 Å². The van der Waals surface area contributed by atoms with E-state index in [0.29, 0.717) is 12.5 Å². The number of rotatable bonds is 8. The molecule has 1 fully saturated rings. The molecule has 1 aliphatic rings. The molecule has 0 aliphatic carbocycles. The molecule has 0 aromatic heterocycles. The van der Waals surface area contributed by atoms with Crippen LogP contribution >= 0.6 is 0 Å². The molecule has 0 bridgehead atoms. The Morgan fingerprint density at radius 3 is 2.48 bits per heavy atom. The summed E-state index contributed by atoms with van der Waals surface area (Å²) >= 11 is 0. The average Bonchev–Trinajstić information content (AvgIpc) is 2.78. The lowest BCUT2D eigenvalue weighted by atomic mass is 9.85. The molecule has 2 aromatic rings. The summed E-state index contributed by atoms with van der Waals surface area (Å²) in [6, 6.07) is 17.8. The van der Waals surface area contributed by atoms with Crippen molar-refractivity contribution >= 4 is 11.8 Å². The Morgan fingerprint density at radius 2 is 1.84 bits per heavy atom. The third-order valence-electron chi connectivity index (χ3n) is 5.99. The van der Waals surface area contributed by atoms with Crippen molar-refractivity contribution in [2.45, 2.75) is 38.3 Å². The number of piperidine rings is 1. The molecule has 6 nitrogen and oxygen atoms in total. The molecule has 6 heteroatoms. The van der Waals surface area contributed by atoms with E-state index in [9.17, 15) is 9.59 Å². The summed E-state index contributed by atoms with van der Waals surface area (Å²) < 4.78 is 5.29. The summed E-state index contributed by atoms with van der Waals surface area (Å²) in [5, 5.41) is 6.02. The van der Waals surface area contributed by atoms with Gasteiger partial charge in [0.1, 0.15) is 5.75 Å². The quantitative estimate of drug-likeness (QED) is 0.682. The van der Waals surface area contributed by atoms with Gasteiger partial charge in [-0.3, -0.25) is 14.5 Å². The maximum Gasteiger partial charge on any atom is 0.222 e. The average molecular weight is 424 g/mol. The van der Waals surface area contributed by atoms with E-state index < -0.39 is 0 Å². The summed E-state index contributed by atoms with van der Waals surface area (Å²) in [7, 11) is 3.81. The van der Waals surface area contributed by atoms with Gasteiger partial charge in [0.15, 0.2) is 0 Å². The van der Waals surface area contributed by atoms with Gasteiger partial charge in [0.05, 0.1) is 19.6 Å². The van der Waals surface area contributed by atoms with E-state index in [-0.39, 0.29) is 30.3 Å². The van der Waals surface area contributed by atoms with E-state index in [1.807, 2.05) is 42.5 Å². The molecule has 2 amide bonds. The van der Waals surface area contributed by atoms with Crippen LogP contribution in [0, 0.1) is 5.92 Å². The molecule has 1 saturated heterocycles. The molecule has 0 spiro atoms. The van der Waals surface area contributed by atoms with Gasteiger partial charge in [-0.1, -0.05) is 42.5 Å². The van der Waals surface area contributed by atoms with Gasteiger partial charge in [-0.05, 0) is 55.6 Å². The van der Waals surface area contributed by atoms with Crippen LogP contribution in [0.4, 0.5) is 0 Å². The second-order valence-corrected chi connectivity index (χ2v) is 8.27. The summed E-state index contributed by atoms with van der Waals surface area (Å²) in [4.78, 5) is 26.8. The largest absolute Gasteiger partial charge is 0.497 e. The van der Waals surface area contributed by atoms with Crippen molar-refractivity contribution in [2.24, 2.45) is 5.92 Å². The Balaban J connectivity index is 1.64. The summed E-state index contributed by atoms with van der Waals surface area (Å²) in [5.74, 6) is 0.975. The van der Waals surface area contributed by atoms with Crippen LogP contribution in [0.1, 0.15) is 49.4 Å². The van der Waals surface area contributed by atoms with Gasteiger partial charge in [-0.15, -0.1) is 0 Å². The topological polar surface area (TPSA) is 70.7 Å². The van der Waals surface area contributed by atoms with E-state index in [2.05, 4.69) is 34.7 Å². The number of carbonyl (C=O) groups excluding carboxylic acids is 2. The maximum atomic E-state index is 12.8. The molecule has 3 atom stereocenters. The second kappa shape index (κ2) is 11.0. The van der Waals surface area contributed by atoms with Gasteiger partial charge in [0.25, 0.3) is 0 Å². The zero-order valence-electron chi connectivity index (χ0n) is 18.6. The van der Waals surface area contributed by atoms with E-state index in [1.165, 1.54) is 12.5 Å². The number of hydrogen-bond donors (Lipinski definition) is 2. The van der Waals surface area contributed by atoms with Crippen LogP contribution in [-0.4, -0.2) is 44.0 Å². The number of likely N-dealkylation sites (tertiary alicyclic amines) is 1. The molecule has 3 unspecified atom stereocenters. The van der Waals surface area contributed by atoms with E-state index in [1.54, 1.807) is 7.11 Å². The summed E-state index contributed by atoms with van der Waals surface area (Å²) in [5.41, 5.74) is 2.17. The van der Waals surface area contributed by atoms with Crippen LogP contribution in [0.5, 0.6) is 5.75 Å². The number of carbonyl (C=O) groups is 2. The van der Waals surface area contributed by atoms with E-state index in [0.717, 1.165) is 30.7 Å². The van der Waals surface area contributed by atoms with Gasteiger partial charge < -0.3 is 15.4 Å². The van der Waals surface area contributed by atoms with Crippen LogP contribution in [-0.2, 0) is 9.59 Å². The monoisotopic (exact) mass is 423 g/mol. The lowest BCUT2D eigenvalue weighted by molar-refractivity contribution is -0.123. The van der Waals surface area contributed by atoms with Crippen molar-refractivity contribution in [1.82, 2.24) is 15.5 Å². The number of hydrogen-bond acceptors (Lipinski definition) is 4. The van der Waals surface area contributed by atoms with Gasteiger partial charge in [-0.2, -0.15) is 0 Å². The maximum absolute atomic E-state index is 12.8. The summed E-state index contributed by atoms with van der Waals surface area (Å²) in [6.07, 6.45) is 2.40. The lowest BCUT2D eigenvalue weighted by Gasteiger charge is -2.39. The smallest absolute Gasteiger partial charge is 0.222 e. The highest BCUT2D eigenvalue weighted by Crippen LogP contribution is 2.35. The highest BCUT2D eigenvalue weighted by Gasteiger charge is 2.31. The number of nitrogens with one attached hydrogen (secondary N) is 2. The first-order valence-electron chi connectivity index (χ1n) is 10.9. The molecule has 2 aromatic carbocycles. The summed E-state index contributed by atoms with van der Waals surface area (Å²) in [6.45, 7) is 3.13. The third kappa shape index (κ3) is 6.31. The Labute approximate surface area is 185 Å².